The summed E-state index contributed by atoms with van der Waals surface area (Å²) in [5, 5.41) is 7.98. The monoisotopic (exact) mass is 525 g/mol. The lowest BCUT2D eigenvalue weighted by molar-refractivity contribution is 0.102. The number of hydrogen-bond acceptors (Lipinski definition) is 5. The smallest absolute Gasteiger partial charge is 0.255 e. The fraction of sp³-hybridized carbons (Fsp3) is 0.419. The van der Waals surface area contributed by atoms with E-state index in [1.807, 2.05) is 29.0 Å². The van der Waals surface area contributed by atoms with E-state index in [0.717, 1.165) is 61.0 Å². The normalized spacial score (nSPS) is 16.9. The largest absolute Gasteiger partial charge is 0.322 e. The second-order valence-electron chi connectivity index (χ2n) is 12.1. The highest BCUT2D eigenvalue weighted by atomic mass is 16.1. The number of nitrogens with one attached hydrogen (secondary N) is 3. The van der Waals surface area contributed by atoms with Crippen molar-refractivity contribution in [1.29, 1.82) is 0 Å². The van der Waals surface area contributed by atoms with Gasteiger partial charge in [-0.2, -0.15) is 5.10 Å². The molecule has 2 aromatic carbocycles. The molecule has 0 bridgehead atoms. The fourth-order valence-electron chi connectivity index (χ4n) is 5.67. The Labute approximate surface area is 230 Å². The molecule has 0 aliphatic carbocycles. The number of fused-ring (bicyclic) bond motifs is 1. The van der Waals surface area contributed by atoms with Crippen molar-refractivity contribution < 1.29 is 4.79 Å². The Morgan fingerprint density at radius 3 is 2.54 bits per heavy atom. The number of rotatable bonds is 6. The van der Waals surface area contributed by atoms with Crippen LogP contribution in [0.5, 0.6) is 0 Å². The van der Waals surface area contributed by atoms with E-state index in [4.69, 9.17) is 5.10 Å². The van der Waals surface area contributed by atoms with Gasteiger partial charge < -0.3 is 5.32 Å². The van der Waals surface area contributed by atoms with Gasteiger partial charge in [-0.05, 0) is 79.2 Å². The Kier molecular flexibility index (Phi) is 6.79. The molecular weight excluding hydrogens is 486 g/mol. The molecule has 6 rings (SSSR count). The van der Waals surface area contributed by atoms with Gasteiger partial charge in [-0.1, -0.05) is 32.9 Å². The van der Waals surface area contributed by atoms with Gasteiger partial charge in [0.1, 0.15) is 5.65 Å². The van der Waals surface area contributed by atoms with Gasteiger partial charge in [0, 0.05) is 55.3 Å². The summed E-state index contributed by atoms with van der Waals surface area (Å²) in [4.78, 5) is 16.1. The first kappa shape index (κ1) is 25.8. The zero-order valence-corrected chi connectivity index (χ0v) is 23.4. The molecule has 4 aromatic rings. The number of carbonyl (C=O) groups is 1. The summed E-state index contributed by atoms with van der Waals surface area (Å²) in [6.45, 7) is 13.6. The van der Waals surface area contributed by atoms with Crippen LogP contribution in [0.15, 0.2) is 54.9 Å². The van der Waals surface area contributed by atoms with Gasteiger partial charge in [0.05, 0.1) is 11.4 Å². The number of anilines is 1. The first-order valence-electron chi connectivity index (χ1n) is 14.1. The van der Waals surface area contributed by atoms with Crippen LogP contribution in [0.25, 0.3) is 11.3 Å². The summed E-state index contributed by atoms with van der Waals surface area (Å²) >= 11 is 0. The minimum Gasteiger partial charge on any atom is -0.322 e. The number of amides is 1. The van der Waals surface area contributed by atoms with Gasteiger partial charge in [0.2, 0.25) is 0 Å². The number of benzene rings is 2. The lowest BCUT2D eigenvalue weighted by Crippen LogP contribution is -2.21. The van der Waals surface area contributed by atoms with Gasteiger partial charge in [0.15, 0.2) is 0 Å². The maximum Gasteiger partial charge on any atom is 0.255 e. The molecule has 0 spiro atoms. The molecule has 2 aromatic heterocycles. The lowest BCUT2D eigenvalue weighted by atomic mass is 9.85. The Hall–Kier alpha value is -3.46. The highest BCUT2D eigenvalue weighted by Crippen LogP contribution is 2.28. The first-order valence-corrected chi connectivity index (χ1v) is 14.1. The molecule has 39 heavy (non-hydrogen) atoms. The third-order valence-corrected chi connectivity index (χ3v) is 8.03. The van der Waals surface area contributed by atoms with Crippen molar-refractivity contribution in [3.63, 3.8) is 0 Å². The molecule has 0 radical (unpaired) electrons. The van der Waals surface area contributed by atoms with Crippen LogP contribution in [0, 0.1) is 6.92 Å². The van der Waals surface area contributed by atoms with E-state index in [1.54, 1.807) is 0 Å². The van der Waals surface area contributed by atoms with E-state index < -0.39 is 0 Å². The average molecular weight is 526 g/mol. The quantitative estimate of drug-likeness (QED) is 0.338. The Morgan fingerprint density at radius 1 is 1.03 bits per heavy atom. The summed E-state index contributed by atoms with van der Waals surface area (Å²) in [6.07, 6.45) is 6.53. The van der Waals surface area contributed by atoms with Crippen molar-refractivity contribution in [2.45, 2.75) is 58.4 Å². The van der Waals surface area contributed by atoms with E-state index in [9.17, 15) is 4.79 Å². The van der Waals surface area contributed by atoms with Gasteiger partial charge in [-0.15, -0.1) is 0 Å². The van der Waals surface area contributed by atoms with E-state index in [0.29, 0.717) is 11.5 Å². The van der Waals surface area contributed by atoms with Crippen LogP contribution in [0.1, 0.15) is 72.3 Å². The number of hydrogen-bond donors (Lipinski definition) is 3. The molecule has 4 heterocycles. The van der Waals surface area contributed by atoms with Crippen LogP contribution in [-0.2, 0) is 12.0 Å². The molecule has 0 saturated carbocycles. The van der Waals surface area contributed by atoms with Crippen molar-refractivity contribution in [2.75, 3.05) is 31.5 Å². The van der Waals surface area contributed by atoms with Crippen molar-refractivity contribution >= 4 is 17.2 Å². The molecule has 0 unspecified atom stereocenters. The van der Waals surface area contributed by atoms with Crippen LogP contribution in [0.4, 0.5) is 5.69 Å². The van der Waals surface area contributed by atoms with Crippen molar-refractivity contribution in [3.8, 4) is 5.69 Å². The van der Waals surface area contributed by atoms with E-state index in [1.165, 1.54) is 24.0 Å². The zero-order chi connectivity index (χ0) is 27.1. The van der Waals surface area contributed by atoms with Gasteiger partial charge >= 0.3 is 0 Å². The van der Waals surface area contributed by atoms with Gasteiger partial charge in [-0.25, -0.2) is 4.52 Å². The molecular formula is C31H39N7O. The molecule has 0 atom stereocenters. The number of nitrogens with zero attached hydrogens (tertiary/aromatic N) is 4. The maximum absolute atomic E-state index is 13.6. The molecule has 8 nitrogen and oxygen atoms in total. The topological polar surface area (TPSA) is 78.6 Å². The number of imidazole rings is 1. The minimum absolute atomic E-state index is 0.0401. The van der Waals surface area contributed by atoms with Crippen LogP contribution in [0.3, 0.4) is 0 Å². The number of hydrazine groups is 1. The highest BCUT2D eigenvalue weighted by Gasteiger charge is 2.22. The molecule has 8 heteroatoms. The van der Waals surface area contributed by atoms with Crippen LogP contribution in [0.2, 0.25) is 0 Å². The van der Waals surface area contributed by atoms with E-state index >= 15 is 0 Å². The summed E-state index contributed by atoms with van der Waals surface area (Å²) in [7, 11) is 0. The molecule has 2 aliphatic rings. The third kappa shape index (κ3) is 5.37. The summed E-state index contributed by atoms with van der Waals surface area (Å²) in [5.41, 5.74) is 14.4. The summed E-state index contributed by atoms with van der Waals surface area (Å²) in [6, 6.07) is 14.6. The molecule has 1 amide bonds. The number of aromatic nitrogens is 3. The molecule has 204 valence electrons. The predicted octanol–water partition coefficient (Wildman–Crippen LogP) is 4.77. The van der Waals surface area contributed by atoms with Crippen LogP contribution >= 0.6 is 0 Å². The highest BCUT2D eigenvalue weighted by molar-refractivity contribution is 6.04. The fourth-order valence-corrected chi connectivity index (χ4v) is 5.67. The van der Waals surface area contributed by atoms with Crippen molar-refractivity contribution in [3.05, 3.63) is 82.8 Å². The van der Waals surface area contributed by atoms with Crippen molar-refractivity contribution in [2.24, 2.45) is 0 Å². The van der Waals surface area contributed by atoms with Crippen LogP contribution < -0.4 is 16.2 Å². The van der Waals surface area contributed by atoms with Crippen LogP contribution in [-0.4, -0.2) is 51.2 Å². The Balaban J connectivity index is 1.28. The summed E-state index contributed by atoms with van der Waals surface area (Å²) < 4.78 is 4.07. The molecule has 2 fully saturated rings. The minimum atomic E-state index is -0.0795. The maximum atomic E-state index is 13.6. The molecule has 2 aliphatic heterocycles. The van der Waals surface area contributed by atoms with Gasteiger partial charge in [-0.3, -0.25) is 25.1 Å². The standard InChI is InChI=1S/C31H39N7O/c1-21-7-8-26(16-28(21)37-11-12-38-29(37)17-27(35-38)24-18-32-33-19-24)34-30(39)23-13-22(20-36-9-5-6-10-36)14-25(15-23)31(2,3)4/h7-8,11-17,24,32-33H,5-6,9-10,18-20H2,1-4H3,(H,34,39). The van der Waals surface area contributed by atoms with E-state index in [2.05, 4.69) is 83.7 Å². The summed E-state index contributed by atoms with van der Waals surface area (Å²) in [5.74, 6) is 0.272. The van der Waals surface area contributed by atoms with E-state index in [-0.39, 0.29) is 11.3 Å². The zero-order valence-electron chi connectivity index (χ0n) is 23.4. The third-order valence-electron chi connectivity index (χ3n) is 8.03. The lowest BCUT2D eigenvalue weighted by Gasteiger charge is -2.23. The van der Waals surface area contributed by atoms with Gasteiger partial charge in [0.25, 0.3) is 5.91 Å². The second-order valence-corrected chi connectivity index (χ2v) is 12.1. The Bertz CT molecular complexity index is 1500. The van der Waals surface area contributed by atoms with Crippen molar-refractivity contribution in [1.82, 2.24) is 29.9 Å². The molecule has 2 saturated heterocycles. The Morgan fingerprint density at radius 2 is 1.79 bits per heavy atom. The number of aryl methyl sites for hydroxylation is 1. The number of carbonyl (C=O) groups excluding carboxylic acids is 1. The SMILES string of the molecule is Cc1ccc(NC(=O)c2cc(CN3CCCC3)cc(C(C)(C)C)c2)cc1-n1ccn2nc(C3CNNC3)cc12. The average Bonchev–Trinajstić information content (AvgIpc) is 3.69. The first-order chi connectivity index (χ1) is 18.7. The number of likely N-dealkylation sites (tertiary alicyclic amines) is 1. The predicted molar refractivity (Wildman–Crippen MR) is 156 cm³/mol. The second kappa shape index (κ2) is 10.3. The molecule has 3 N–H and O–H groups in total.